The number of ether oxygens (including phenoxy) is 1. The molecule has 168 valence electrons. The van der Waals surface area contributed by atoms with Crippen molar-refractivity contribution in [2.24, 2.45) is 4.99 Å². The number of hydrogen-bond donors (Lipinski definition) is 3. The molecule has 0 aromatic heterocycles. The molecule has 30 heavy (non-hydrogen) atoms. The van der Waals surface area contributed by atoms with Crippen LogP contribution in [0.25, 0.3) is 0 Å². The molecule has 1 aliphatic heterocycles. The van der Waals surface area contributed by atoms with Crippen LogP contribution in [0.4, 0.5) is 0 Å². The zero-order valence-corrected chi connectivity index (χ0v) is 20.5. The fourth-order valence-corrected chi connectivity index (χ4v) is 3.66. The molecule has 3 rings (SSSR count). The normalized spacial score (nSPS) is 17.7. The predicted octanol–water partition coefficient (Wildman–Crippen LogP) is 2.50. The molecule has 1 aromatic carbocycles. The third-order valence-corrected chi connectivity index (χ3v) is 5.34. The van der Waals surface area contributed by atoms with Crippen LogP contribution >= 0.6 is 24.0 Å². The van der Waals surface area contributed by atoms with Gasteiger partial charge in [0.2, 0.25) is 0 Å². The van der Waals surface area contributed by atoms with Crippen molar-refractivity contribution in [2.45, 2.75) is 58.2 Å². The smallest absolute Gasteiger partial charge is 0.257 e. The molecule has 0 spiro atoms. The number of nitrogens with zero attached hydrogens (tertiary/aromatic N) is 2. The third kappa shape index (κ3) is 8.29. The van der Waals surface area contributed by atoms with Gasteiger partial charge in [-0.05, 0) is 57.2 Å². The van der Waals surface area contributed by atoms with E-state index in [0.29, 0.717) is 24.9 Å². The lowest BCUT2D eigenvalue weighted by molar-refractivity contribution is -0.122. The molecule has 2 aliphatic rings. The van der Waals surface area contributed by atoms with Gasteiger partial charge in [-0.25, -0.2) is 4.99 Å². The van der Waals surface area contributed by atoms with Crippen LogP contribution in [0.2, 0.25) is 0 Å². The van der Waals surface area contributed by atoms with E-state index in [2.05, 4.69) is 27.8 Å². The lowest BCUT2D eigenvalue weighted by atomic mass is 10.1. The van der Waals surface area contributed by atoms with E-state index in [1.807, 2.05) is 31.2 Å². The Morgan fingerprint density at radius 3 is 2.53 bits per heavy atom. The largest absolute Gasteiger partial charge is 0.484 e. The first-order chi connectivity index (χ1) is 14.2. The van der Waals surface area contributed by atoms with Gasteiger partial charge in [0.25, 0.3) is 5.91 Å². The van der Waals surface area contributed by atoms with Crippen molar-refractivity contribution in [1.29, 1.82) is 0 Å². The van der Waals surface area contributed by atoms with Crippen LogP contribution in [0.15, 0.2) is 29.3 Å². The van der Waals surface area contributed by atoms with Crippen LogP contribution in [0.1, 0.15) is 45.1 Å². The van der Waals surface area contributed by atoms with Gasteiger partial charge in [-0.3, -0.25) is 4.79 Å². The molecule has 1 saturated heterocycles. The van der Waals surface area contributed by atoms with Crippen molar-refractivity contribution in [3.63, 3.8) is 0 Å². The summed E-state index contributed by atoms with van der Waals surface area (Å²) < 4.78 is 5.57. The molecule has 1 saturated carbocycles. The molecule has 0 atom stereocenters. The minimum absolute atomic E-state index is 0. The number of aliphatic imine (C=N–C) groups is 1. The molecule has 1 heterocycles. The summed E-state index contributed by atoms with van der Waals surface area (Å²) in [5.74, 6) is 1.45. The van der Waals surface area contributed by atoms with Crippen LogP contribution < -0.4 is 20.7 Å². The summed E-state index contributed by atoms with van der Waals surface area (Å²) in [6.07, 6.45) is 5.11. The molecule has 1 aromatic rings. The van der Waals surface area contributed by atoms with Gasteiger partial charge in [-0.1, -0.05) is 12.1 Å². The number of likely N-dealkylation sites (N-methyl/N-ethyl adjacent to an activating group) is 1. The summed E-state index contributed by atoms with van der Waals surface area (Å²) in [4.78, 5) is 19.0. The number of amides is 1. The highest BCUT2D eigenvalue weighted by atomic mass is 127. The van der Waals surface area contributed by atoms with Crippen LogP contribution in [0.5, 0.6) is 5.75 Å². The molecule has 3 N–H and O–H groups in total. The van der Waals surface area contributed by atoms with E-state index in [0.717, 1.165) is 24.1 Å². The number of piperidine rings is 1. The molecule has 0 radical (unpaired) electrons. The average Bonchev–Trinajstić information content (AvgIpc) is 3.57. The monoisotopic (exact) mass is 529 g/mol. The van der Waals surface area contributed by atoms with Crippen LogP contribution in [0, 0.1) is 0 Å². The Morgan fingerprint density at radius 1 is 1.13 bits per heavy atom. The topological polar surface area (TPSA) is 78.0 Å². The fraction of sp³-hybridized carbons (Fsp3) is 0.636. The van der Waals surface area contributed by atoms with E-state index >= 15 is 0 Å². The van der Waals surface area contributed by atoms with E-state index in [4.69, 9.17) is 9.73 Å². The van der Waals surface area contributed by atoms with Crippen molar-refractivity contribution in [1.82, 2.24) is 20.9 Å². The molecule has 1 aliphatic carbocycles. The van der Waals surface area contributed by atoms with E-state index in [9.17, 15) is 4.79 Å². The maximum atomic E-state index is 11.6. The molecule has 7 nitrogen and oxygen atoms in total. The molecule has 2 fully saturated rings. The Morgan fingerprint density at radius 2 is 1.87 bits per heavy atom. The summed E-state index contributed by atoms with van der Waals surface area (Å²) in [7, 11) is 0. The number of hydrogen-bond acceptors (Lipinski definition) is 4. The number of carbonyl (C=O) groups excluding carboxylic acids is 1. The molecular weight excluding hydrogens is 493 g/mol. The number of likely N-dealkylation sites (tertiary alicyclic amines) is 1. The maximum absolute atomic E-state index is 11.6. The Kier molecular flexibility index (Phi) is 10.7. The van der Waals surface area contributed by atoms with Gasteiger partial charge in [0.1, 0.15) is 5.75 Å². The summed E-state index contributed by atoms with van der Waals surface area (Å²) >= 11 is 0. The highest BCUT2D eigenvalue weighted by Crippen LogP contribution is 2.29. The number of rotatable bonds is 9. The van der Waals surface area contributed by atoms with E-state index in [1.54, 1.807) is 0 Å². The zero-order chi connectivity index (χ0) is 20.5. The van der Waals surface area contributed by atoms with Gasteiger partial charge in [-0.15, -0.1) is 24.0 Å². The van der Waals surface area contributed by atoms with Crippen LogP contribution in [0.3, 0.4) is 0 Å². The summed E-state index contributed by atoms with van der Waals surface area (Å²) in [6.45, 7) is 8.39. The standard InChI is InChI=1S/C22H35N5O2.HI/c1-3-23-21(28)16-29-20-7-5-6-17(14-20)15-25-22(24-4-2)26-18-10-12-27(13-11-18)19-8-9-19;/h5-7,14,18-19H,3-4,8-13,15-16H2,1-2H3,(H,23,28)(H2,24,25,26);1H. The van der Waals surface area contributed by atoms with Gasteiger partial charge in [0, 0.05) is 38.3 Å². The Labute approximate surface area is 197 Å². The van der Waals surface area contributed by atoms with Gasteiger partial charge in [-0.2, -0.15) is 0 Å². The Hall–Kier alpha value is -1.55. The van der Waals surface area contributed by atoms with Gasteiger partial charge in [0.15, 0.2) is 12.6 Å². The minimum atomic E-state index is -0.109. The quantitative estimate of drug-likeness (QED) is 0.261. The number of guanidine groups is 1. The van der Waals surface area contributed by atoms with Crippen LogP contribution in [-0.4, -0.2) is 61.6 Å². The number of nitrogens with one attached hydrogen (secondary N) is 3. The Bertz CT molecular complexity index is 688. The highest BCUT2D eigenvalue weighted by Gasteiger charge is 2.31. The first-order valence-corrected chi connectivity index (χ1v) is 10.9. The summed E-state index contributed by atoms with van der Waals surface area (Å²) in [5.41, 5.74) is 1.05. The lowest BCUT2D eigenvalue weighted by Crippen LogP contribution is -2.49. The van der Waals surface area contributed by atoms with E-state index in [1.165, 1.54) is 38.8 Å². The van der Waals surface area contributed by atoms with Crippen molar-refractivity contribution >= 4 is 35.8 Å². The first-order valence-electron chi connectivity index (χ1n) is 10.9. The van der Waals surface area contributed by atoms with Crippen LogP contribution in [-0.2, 0) is 11.3 Å². The number of benzene rings is 1. The van der Waals surface area contributed by atoms with Gasteiger partial charge >= 0.3 is 0 Å². The highest BCUT2D eigenvalue weighted by molar-refractivity contribution is 14.0. The third-order valence-electron chi connectivity index (χ3n) is 5.34. The van der Waals surface area contributed by atoms with Gasteiger partial charge in [0.05, 0.1) is 6.54 Å². The fourth-order valence-electron chi connectivity index (χ4n) is 3.66. The second-order valence-electron chi connectivity index (χ2n) is 7.77. The maximum Gasteiger partial charge on any atom is 0.257 e. The van der Waals surface area contributed by atoms with Crippen molar-refractivity contribution < 1.29 is 9.53 Å². The van der Waals surface area contributed by atoms with E-state index < -0.39 is 0 Å². The second kappa shape index (κ2) is 13.0. The second-order valence-corrected chi connectivity index (χ2v) is 7.77. The SMILES string of the molecule is CCNC(=O)COc1cccc(CN=C(NCC)NC2CCN(C3CC3)CC2)c1.I. The first kappa shape index (κ1) is 24.7. The molecule has 0 bridgehead atoms. The van der Waals surface area contributed by atoms with Crippen molar-refractivity contribution in [3.05, 3.63) is 29.8 Å². The molecular formula is C22H36IN5O2. The van der Waals surface area contributed by atoms with Crippen molar-refractivity contribution in [3.8, 4) is 5.75 Å². The zero-order valence-electron chi connectivity index (χ0n) is 18.2. The summed E-state index contributed by atoms with van der Waals surface area (Å²) in [5, 5.41) is 9.69. The predicted molar refractivity (Wildman–Crippen MR) is 132 cm³/mol. The van der Waals surface area contributed by atoms with Crippen molar-refractivity contribution in [2.75, 3.05) is 32.8 Å². The summed E-state index contributed by atoms with van der Waals surface area (Å²) in [6, 6.07) is 9.12. The lowest BCUT2D eigenvalue weighted by Gasteiger charge is -2.33. The molecule has 0 unspecified atom stereocenters. The molecule has 8 heteroatoms. The molecule has 1 amide bonds. The number of carbonyl (C=O) groups is 1. The number of halogens is 1. The van der Waals surface area contributed by atoms with E-state index in [-0.39, 0.29) is 36.5 Å². The van der Waals surface area contributed by atoms with Gasteiger partial charge < -0.3 is 25.6 Å². The minimum Gasteiger partial charge on any atom is -0.484 e. The average molecular weight is 529 g/mol. The Balaban J connectivity index is 0.00000320.